The molecule has 2 aliphatic rings. The number of carbonyl (C=O) groups is 1. The number of aryl methyl sites for hydroxylation is 1. The molecule has 3 aromatic rings. The maximum atomic E-state index is 13.1. The predicted molar refractivity (Wildman–Crippen MR) is 111 cm³/mol. The molecule has 0 saturated carbocycles. The van der Waals surface area contributed by atoms with Gasteiger partial charge in [0.05, 0.1) is 11.8 Å². The second-order valence-electron chi connectivity index (χ2n) is 7.83. The maximum Gasteiger partial charge on any atom is 0.260 e. The monoisotopic (exact) mass is 404 g/mol. The Bertz CT molecular complexity index is 1050. The summed E-state index contributed by atoms with van der Waals surface area (Å²) < 4.78 is 13.3. The van der Waals surface area contributed by atoms with Crippen molar-refractivity contribution in [3.63, 3.8) is 0 Å². The van der Waals surface area contributed by atoms with Gasteiger partial charge in [0.1, 0.15) is 12.2 Å². The molecule has 0 aliphatic carbocycles. The number of pyridine rings is 1. The summed E-state index contributed by atoms with van der Waals surface area (Å²) in [5.41, 5.74) is 4.62. The molecule has 1 atom stereocenters. The van der Waals surface area contributed by atoms with E-state index in [4.69, 9.17) is 9.47 Å². The molecule has 2 aromatic heterocycles. The van der Waals surface area contributed by atoms with Gasteiger partial charge in [-0.25, -0.2) is 4.98 Å². The highest BCUT2D eigenvalue weighted by molar-refractivity contribution is 6.00. The van der Waals surface area contributed by atoms with Crippen molar-refractivity contribution in [3.05, 3.63) is 65.5 Å². The molecule has 2 aliphatic heterocycles. The molecule has 1 fully saturated rings. The van der Waals surface area contributed by atoms with Crippen molar-refractivity contribution in [1.29, 1.82) is 0 Å². The van der Waals surface area contributed by atoms with E-state index in [-0.39, 0.29) is 12.0 Å². The van der Waals surface area contributed by atoms with Crippen molar-refractivity contribution in [2.75, 3.05) is 13.2 Å². The van der Waals surface area contributed by atoms with E-state index >= 15 is 0 Å². The molecule has 0 radical (unpaired) electrons. The third kappa shape index (κ3) is 3.68. The van der Waals surface area contributed by atoms with Crippen LogP contribution in [0.4, 0.5) is 0 Å². The molecule has 1 amide bonds. The second-order valence-corrected chi connectivity index (χ2v) is 7.83. The van der Waals surface area contributed by atoms with Crippen LogP contribution < -0.4 is 4.74 Å². The fourth-order valence-corrected chi connectivity index (χ4v) is 4.03. The maximum absolute atomic E-state index is 13.1. The summed E-state index contributed by atoms with van der Waals surface area (Å²) in [6.45, 7) is 2.32. The van der Waals surface area contributed by atoms with Crippen LogP contribution in [0.5, 0.6) is 5.88 Å². The van der Waals surface area contributed by atoms with Crippen molar-refractivity contribution in [2.45, 2.75) is 32.0 Å². The zero-order valence-corrected chi connectivity index (χ0v) is 17.0. The molecule has 154 valence electrons. The Morgan fingerprint density at radius 1 is 1.20 bits per heavy atom. The second kappa shape index (κ2) is 7.91. The lowest BCUT2D eigenvalue weighted by Gasteiger charge is -2.16. The van der Waals surface area contributed by atoms with E-state index in [1.165, 1.54) is 0 Å². The van der Waals surface area contributed by atoms with Gasteiger partial charge in [-0.3, -0.25) is 9.48 Å². The largest absolute Gasteiger partial charge is 0.474 e. The molecule has 1 aromatic carbocycles. The number of nitrogens with zero attached hydrogens (tertiary/aromatic N) is 4. The van der Waals surface area contributed by atoms with Gasteiger partial charge < -0.3 is 14.4 Å². The van der Waals surface area contributed by atoms with Crippen LogP contribution in [0.2, 0.25) is 0 Å². The summed E-state index contributed by atoms with van der Waals surface area (Å²) in [5.74, 6) is 0.384. The van der Waals surface area contributed by atoms with Crippen LogP contribution in [0.3, 0.4) is 0 Å². The van der Waals surface area contributed by atoms with Crippen LogP contribution in [-0.4, -0.2) is 44.9 Å². The first-order valence-corrected chi connectivity index (χ1v) is 10.3. The highest BCUT2D eigenvalue weighted by Crippen LogP contribution is 2.31. The topological polar surface area (TPSA) is 69.5 Å². The van der Waals surface area contributed by atoms with Gasteiger partial charge in [-0.15, -0.1) is 0 Å². The van der Waals surface area contributed by atoms with Crippen LogP contribution >= 0.6 is 0 Å². The zero-order valence-electron chi connectivity index (χ0n) is 17.0. The fourth-order valence-electron chi connectivity index (χ4n) is 4.03. The summed E-state index contributed by atoms with van der Waals surface area (Å²) >= 11 is 0. The minimum atomic E-state index is -0.0331. The van der Waals surface area contributed by atoms with Gasteiger partial charge in [-0.05, 0) is 36.1 Å². The Hall–Kier alpha value is -3.19. The SMILES string of the molecule is Cn1ccc(-c2ccc(CN3Cc4ccnc(OC[C@@H]5CCCO5)c4C3=O)cc2)n1. The standard InChI is InChI=1S/C23H24N4O3/c1-26-11-9-20(25-26)17-6-4-16(5-7-17)13-27-14-18-8-10-24-22(21(18)23(27)28)30-15-19-3-2-12-29-19/h4-11,19H,2-3,12-15H2,1H3/t19-/m0/s1. The molecule has 7 heteroatoms. The highest BCUT2D eigenvalue weighted by Gasteiger charge is 2.32. The predicted octanol–water partition coefficient (Wildman–Crippen LogP) is 3.20. The number of rotatable bonds is 6. The van der Waals surface area contributed by atoms with Gasteiger partial charge in [0, 0.05) is 44.7 Å². The summed E-state index contributed by atoms with van der Waals surface area (Å²) in [6, 6.07) is 12.1. The number of ether oxygens (including phenoxy) is 2. The van der Waals surface area contributed by atoms with Gasteiger partial charge in [0.15, 0.2) is 0 Å². The Morgan fingerprint density at radius 3 is 2.80 bits per heavy atom. The molecule has 5 rings (SSSR count). The summed E-state index contributed by atoms with van der Waals surface area (Å²) in [7, 11) is 1.90. The molecule has 7 nitrogen and oxygen atoms in total. The van der Waals surface area contributed by atoms with Crippen molar-refractivity contribution < 1.29 is 14.3 Å². The minimum Gasteiger partial charge on any atom is -0.474 e. The highest BCUT2D eigenvalue weighted by atomic mass is 16.5. The quantitative estimate of drug-likeness (QED) is 0.631. The normalized spacial score (nSPS) is 18.1. The van der Waals surface area contributed by atoms with E-state index in [9.17, 15) is 4.79 Å². The third-order valence-electron chi connectivity index (χ3n) is 5.63. The Balaban J connectivity index is 1.28. The number of benzene rings is 1. The molecule has 0 unspecified atom stereocenters. The van der Waals surface area contributed by atoms with Crippen LogP contribution in [0, 0.1) is 0 Å². The van der Waals surface area contributed by atoms with E-state index in [1.807, 2.05) is 54.5 Å². The van der Waals surface area contributed by atoms with E-state index in [0.29, 0.717) is 31.1 Å². The number of carbonyl (C=O) groups excluding carboxylic acids is 1. The molecule has 0 N–H and O–H groups in total. The van der Waals surface area contributed by atoms with Gasteiger partial charge in [0.25, 0.3) is 5.91 Å². The first-order chi connectivity index (χ1) is 14.7. The molecular weight excluding hydrogens is 380 g/mol. The number of aromatic nitrogens is 3. The average Bonchev–Trinajstić information content (AvgIpc) is 3.49. The van der Waals surface area contributed by atoms with Gasteiger partial charge >= 0.3 is 0 Å². The first-order valence-electron chi connectivity index (χ1n) is 10.3. The summed E-state index contributed by atoms with van der Waals surface area (Å²) in [4.78, 5) is 19.2. The van der Waals surface area contributed by atoms with Crippen molar-refractivity contribution in [3.8, 4) is 17.1 Å². The average molecular weight is 404 g/mol. The van der Waals surface area contributed by atoms with Crippen molar-refractivity contribution in [2.24, 2.45) is 7.05 Å². The van der Waals surface area contributed by atoms with Crippen LogP contribution in [0.1, 0.15) is 34.3 Å². The molecule has 30 heavy (non-hydrogen) atoms. The van der Waals surface area contributed by atoms with E-state index in [1.54, 1.807) is 10.9 Å². The molecular formula is C23H24N4O3. The van der Waals surface area contributed by atoms with E-state index < -0.39 is 0 Å². The third-order valence-corrected chi connectivity index (χ3v) is 5.63. The number of hydrogen-bond donors (Lipinski definition) is 0. The smallest absolute Gasteiger partial charge is 0.260 e. The van der Waals surface area contributed by atoms with Gasteiger partial charge in [-0.2, -0.15) is 5.10 Å². The summed E-state index contributed by atoms with van der Waals surface area (Å²) in [6.07, 6.45) is 5.77. The van der Waals surface area contributed by atoms with E-state index in [2.05, 4.69) is 10.1 Å². The lowest BCUT2D eigenvalue weighted by Crippen LogP contribution is -2.24. The Kier molecular flexibility index (Phi) is 4.96. The van der Waals surface area contributed by atoms with Crippen LogP contribution in [-0.2, 0) is 24.9 Å². The minimum absolute atomic E-state index is 0.0331. The zero-order chi connectivity index (χ0) is 20.5. The lowest BCUT2D eigenvalue weighted by atomic mass is 10.1. The Labute approximate surface area is 175 Å². The van der Waals surface area contributed by atoms with Crippen molar-refractivity contribution >= 4 is 5.91 Å². The fraction of sp³-hybridized carbons (Fsp3) is 0.348. The number of fused-ring (bicyclic) bond motifs is 1. The number of amides is 1. The van der Waals surface area contributed by atoms with E-state index in [0.717, 1.165) is 41.8 Å². The molecule has 4 heterocycles. The first kappa shape index (κ1) is 18.8. The molecule has 0 spiro atoms. The van der Waals surface area contributed by atoms with Crippen LogP contribution in [0.25, 0.3) is 11.3 Å². The van der Waals surface area contributed by atoms with Gasteiger partial charge in [0.2, 0.25) is 5.88 Å². The Morgan fingerprint density at radius 2 is 2.07 bits per heavy atom. The lowest BCUT2D eigenvalue weighted by molar-refractivity contribution is 0.0643. The molecule has 1 saturated heterocycles. The van der Waals surface area contributed by atoms with Crippen molar-refractivity contribution in [1.82, 2.24) is 19.7 Å². The van der Waals surface area contributed by atoms with Gasteiger partial charge in [-0.1, -0.05) is 24.3 Å². The number of hydrogen-bond acceptors (Lipinski definition) is 5. The molecule has 0 bridgehead atoms. The van der Waals surface area contributed by atoms with Crippen LogP contribution in [0.15, 0.2) is 48.8 Å². The summed E-state index contributed by atoms with van der Waals surface area (Å²) in [5, 5.41) is 4.43.